The summed E-state index contributed by atoms with van der Waals surface area (Å²) in [6.07, 6.45) is 0. The monoisotopic (exact) mass is 304 g/mol. The highest BCUT2D eigenvalue weighted by atomic mass is 32.2. The molecule has 1 aromatic carbocycles. The number of benzene rings is 1. The molecular weight excluding hydrogens is 283 g/mol. The van der Waals surface area contributed by atoms with Crippen LogP contribution in [-0.4, -0.2) is 37.0 Å². The quantitative estimate of drug-likeness (QED) is 0.806. The minimum atomic E-state index is -3.84. The Bertz CT molecular complexity index is 600. The van der Waals surface area contributed by atoms with Crippen molar-refractivity contribution in [1.82, 2.24) is 4.31 Å². The highest BCUT2D eigenvalue weighted by Crippen LogP contribution is 2.30. The van der Waals surface area contributed by atoms with Crippen molar-refractivity contribution in [2.75, 3.05) is 18.9 Å². The van der Waals surface area contributed by atoms with Crippen molar-refractivity contribution < 1.29 is 17.9 Å². The van der Waals surface area contributed by atoms with Gasteiger partial charge in [0.2, 0.25) is 10.0 Å². The van der Waals surface area contributed by atoms with Gasteiger partial charge >= 0.3 is 0 Å². The summed E-state index contributed by atoms with van der Waals surface area (Å²) in [7, 11) is -3.84. The third-order valence-corrected chi connectivity index (χ3v) is 5.53. The van der Waals surface area contributed by atoms with Crippen LogP contribution in [0.2, 0.25) is 0 Å². The number of rotatable bonds is 5. The minimum absolute atomic E-state index is 0.0125. The topological polar surface area (TPSA) is 83.6 Å². The van der Waals surface area contributed by atoms with Gasteiger partial charge in [0.1, 0.15) is 5.82 Å². The van der Waals surface area contributed by atoms with Crippen LogP contribution in [0.4, 0.5) is 10.1 Å². The van der Waals surface area contributed by atoms with Crippen LogP contribution in [0.3, 0.4) is 0 Å². The number of hydrogen-bond acceptors (Lipinski definition) is 4. The van der Waals surface area contributed by atoms with E-state index in [0.29, 0.717) is 5.56 Å². The summed E-state index contributed by atoms with van der Waals surface area (Å²) in [5.41, 5.74) is 5.93. The molecule has 0 saturated heterocycles. The molecule has 1 rings (SSSR count). The Labute approximate surface area is 119 Å². The van der Waals surface area contributed by atoms with Crippen LogP contribution < -0.4 is 5.73 Å². The predicted molar refractivity (Wildman–Crippen MR) is 76.4 cm³/mol. The Hall–Kier alpha value is -1.18. The van der Waals surface area contributed by atoms with Gasteiger partial charge in [-0.25, -0.2) is 12.8 Å². The molecule has 0 bridgehead atoms. The zero-order valence-corrected chi connectivity index (χ0v) is 13.0. The maximum absolute atomic E-state index is 13.5. The zero-order chi connectivity index (χ0) is 15.7. The van der Waals surface area contributed by atoms with Gasteiger partial charge in [0.15, 0.2) is 0 Å². The largest absolute Gasteiger partial charge is 0.396 e. The molecule has 0 unspecified atom stereocenters. The lowest BCUT2D eigenvalue weighted by Gasteiger charge is -2.27. The molecule has 1 aromatic rings. The molecule has 20 heavy (non-hydrogen) atoms. The van der Waals surface area contributed by atoms with E-state index in [2.05, 4.69) is 0 Å². The molecule has 0 spiro atoms. The Morgan fingerprint density at radius 1 is 1.40 bits per heavy atom. The van der Waals surface area contributed by atoms with Gasteiger partial charge in [-0.1, -0.05) is 0 Å². The molecule has 5 nitrogen and oxygen atoms in total. The van der Waals surface area contributed by atoms with Crippen molar-refractivity contribution in [3.05, 3.63) is 23.0 Å². The maximum Gasteiger partial charge on any atom is 0.243 e. The van der Waals surface area contributed by atoms with Gasteiger partial charge in [0.05, 0.1) is 17.2 Å². The molecule has 0 aliphatic rings. The number of anilines is 1. The number of sulfonamides is 1. The SMILES string of the molecule is Cc1cc(F)c(N)c(C)c1S(=O)(=O)N(CCO)C(C)C. The highest BCUT2D eigenvalue weighted by Gasteiger charge is 2.30. The van der Waals surface area contributed by atoms with Crippen molar-refractivity contribution in [1.29, 1.82) is 0 Å². The van der Waals surface area contributed by atoms with Crippen LogP contribution in [0.1, 0.15) is 25.0 Å². The van der Waals surface area contributed by atoms with E-state index in [0.717, 1.165) is 6.07 Å². The van der Waals surface area contributed by atoms with E-state index < -0.39 is 15.8 Å². The fraction of sp³-hybridized carbons (Fsp3) is 0.538. The van der Waals surface area contributed by atoms with E-state index >= 15 is 0 Å². The number of halogens is 1. The lowest BCUT2D eigenvalue weighted by Crippen LogP contribution is -2.39. The molecule has 0 aliphatic carbocycles. The number of nitrogens with zero attached hydrogens (tertiary/aromatic N) is 1. The summed E-state index contributed by atoms with van der Waals surface area (Å²) in [5, 5.41) is 9.04. The van der Waals surface area contributed by atoms with Gasteiger partial charge in [-0.05, 0) is 44.9 Å². The van der Waals surface area contributed by atoms with E-state index in [-0.39, 0.29) is 35.3 Å². The van der Waals surface area contributed by atoms with Crippen LogP contribution in [0.15, 0.2) is 11.0 Å². The molecule has 0 saturated carbocycles. The standard InChI is InChI=1S/C13H21FN2O3S/c1-8(2)16(5-6-17)20(18,19)13-9(3)7-11(14)12(15)10(13)4/h7-8,17H,5-6,15H2,1-4H3. The summed E-state index contributed by atoms with van der Waals surface area (Å²) in [5.74, 6) is -0.628. The van der Waals surface area contributed by atoms with Gasteiger partial charge in [-0.2, -0.15) is 4.31 Å². The van der Waals surface area contributed by atoms with Gasteiger partial charge in [-0.15, -0.1) is 0 Å². The first-order valence-electron chi connectivity index (χ1n) is 6.32. The van der Waals surface area contributed by atoms with Crippen molar-refractivity contribution in [2.45, 2.75) is 38.6 Å². The molecule has 0 radical (unpaired) electrons. The first kappa shape index (κ1) is 16.9. The van der Waals surface area contributed by atoms with Crippen molar-refractivity contribution in [2.24, 2.45) is 0 Å². The molecule has 0 aromatic heterocycles. The van der Waals surface area contributed by atoms with Crippen LogP contribution in [-0.2, 0) is 10.0 Å². The number of aryl methyl sites for hydroxylation is 1. The van der Waals surface area contributed by atoms with Crippen LogP contribution in [0, 0.1) is 19.7 Å². The molecule has 7 heteroatoms. The van der Waals surface area contributed by atoms with Gasteiger partial charge in [-0.3, -0.25) is 0 Å². The smallest absolute Gasteiger partial charge is 0.243 e. The van der Waals surface area contributed by atoms with Crippen molar-refractivity contribution >= 4 is 15.7 Å². The highest BCUT2D eigenvalue weighted by molar-refractivity contribution is 7.89. The average molecular weight is 304 g/mol. The molecule has 0 atom stereocenters. The Kier molecular flexibility index (Phi) is 5.12. The second-order valence-corrected chi connectivity index (χ2v) is 6.80. The molecule has 0 amide bonds. The van der Waals surface area contributed by atoms with Gasteiger partial charge < -0.3 is 10.8 Å². The van der Waals surface area contributed by atoms with E-state index in [1.54, 1.807) is 13.8 Å². The maximum atomic E-state index is 13.5. The summed E-state index contributed by atoms with van der Waals surface area (Å²) in [6, 6.07) is 0.796. The summed E-state index contributed by atoms with van der Waals surface area (Å²) < 4.78 is 40.1. The number of hydrogen-bond donors (Lipinski definition) is 2. The van der Waals surface area contributed by atoms with E-state index in [1.807, 2.05) is 0 Å². The first-order valence-corrected chi connectivity index (χ1v) is 7.76. The average Bonchev–Trinajstić information content (AvgIpc) is 2.32. The fourth-order valence-corrected chi connectivity index (χ4v) is 4.27. The molecule has 0 fully saturated rings. The van der Waals surface area contributed by atoms with Crippen LogP contribution >= 0.6 is 0 Å². The number of nitrogen functional groups attached to an aromatic ring is 1. The predicted octanol–water partition coefficient (Wildman–Crippen LogP) is 1.42. The summed E-state index contributed by atoms with van der Waals surface area (Å²) >= 11 is 0. The molecule has 114 valence electrons. The van der Waals surface area contributed by atoms with Gasteiger partial charge in [0.25, 0.3) is 0 Å². The molecule has 3 N–H and O–H groups in total. The van der Waals surface area contributed by atoms with Crippen LogP contribution in [0.25, 0.3) is 0 Å². The number of aliphatic hydroxyl groups excluding tert-OH is 1. The second-order valence-electron chi connectivity index (χ2n) is 4.98. The number of aliphatic hydroxyl groups is 1. The molecule has 0 aliphatic heterocycles. The minimum Gasteiger partial charge on any atom is -0.396 e. The Morgan fingerprint density at radius 3 is 2.40 bits per heavy atom. The van der Waals surface area contributed by atoms with Crippen molar-refractivity contribution in [3.63, 3.8) is 0 Å². The normalized spacial score (nSPS) is 12.4. The van der Waals surface area contributed by atoms with Gasteiger partial charge in [0, 0.05) is 12.6 Å². The number of nitrogens with two attached hydrogens (primary N) is 1. The lowest BCUT2D eigenvalue weighted by atomic mass is 10.1. The molecular formula is C13H21FN2O3S. The zero-order valence-electron chi connectivity index (χ0n) is 12.1. The second kappa shape index (κ2) is 6.07. The van der Waals surface area contributed by atoms with E-state index in [4.69, 9.17) is 10.8 Å². The lowest BCUT2D eigenvalue weighted by molar-refractivity contribution is 0.236. The third-order valence-electron chi connectivity index (χ3n) is 3.17. The van der Waals surface area contributed by atoms with E-state index in [1.165, 1.54) is 18.2 Å². The first-order chi connectivity index (χ1) is 9.14. The van der Waals surface area contributed by atoms with Crippen LogP contribution in [0.5, 0.6) is 0 Å². The Balaban J connectivity index is 3.54. The fourth-order valence-electron chi connectivity index (χ4n) is 2.20. The Morgan fingerprint density at radius 2 is 1.95 bits per heavy atom. The summed E-state index contributed by atoms with van der Waals surface area (Å²) in [6.45, 7) is 6.13. The summed E-state index contributed by atoms with van der Waals surface area (Å²) in [4.78, 5) is 0.0125. The third kappa shape index (κ3) is 2.94. The van der Waals surface area contributed by atoms with Crippen molar-refractivity contribution in [3.8, 4) is 0 Å². The van der Waals surface area contributed by atoms with E-state index in [9.17, 15) is 12.8 Å². The molecule has 0 heterocycles.